The van der Waals surface area contributed by atoms with Crippen LogP contribution in [0.4, 0.5) is 4.39 Å². The van der Waals surface area contributed by atoms with E-state index in [1.165, 1.54) is 18.6 Å². The Morgan fingerprint density at radius 3 is 2.69 bits per heavy atom. The van der Waals surface area contributed by atoms with Crippen molar-refractivity contribution in [1.82, 2.24) is 14.8 Å². The number of carbonyl (C=O) groups excluding carboxylic acids is 1. The third kappa shape index (κ3) is 3.67. The minimum absolute atomic E-state index is 0.105. The number of aromatic nitrogens is 1. The Bertz CT molecular complexity index is 995. The summed E-state index contributed by atoms with van der Waals surface area (Å²) in [5, 5.41) is 1.08. The molecule has 2 aliphatic rings. The van der Waals surface area contributed by atoms with Gasteiger partial charge >= 0.3 is 0 Å². The van der Waals surface area contributed by atoms with E-state index in [1.807, 2.05) is 47.4 Å². The van der Waals surface area contributed by atoms with Gasteiger partial charge in [0.1, 0.15) is 11.5 Å². The van der Waals surface area contributed by atoms with Crippen LogP contribution in [0.15, 0.2) is 54.6 Å². The molecule has 2 fully saturated rings. The van der Waals surface area contributed by atoms with E-state index in [-0.39, 0.29) is 17.1 Å². The van der Waals surface area contributed by atoms with Crippen molar-refractivity contribution in [1.29, 1.82) is 0 Å². The number of hydrogen-bond donors (Lipinski definition) is 1. The molecule has 0 aliphatic carbocycles. The molecule has 1 amide bonds. The highest BCUT2D eigenvalue weighted by molar-refractivity contribution is 5.98. The first-order chi connectivity index (χ1) is 14.1. The van der Waals surface area contributed by atoms with E-state index in [2.05, 4.69) is 9.88 Å². The Balaban J connectivity index is 1.27. The fraction of sp³-hybridized carbons (Fsp3) is 0.375. The zero-order chi connectivity index (χ0) is 19.8. The van der Waals surface area contributed by atoms with E-state index in [0.717, 1.165) is 62.0 Å². The van der Waals surface area contributed by atoms with Crippen molar-refractivity contribution >= 4 is 16.8 Å². The van der Waals surface area contributed by atoms with Crippen LogP contribution in [0.5, 0.6) is 0 Å². The maximum Gasteiger partial charge on any atom is 0.270 e. The highest BCUT2D eigenvalue weighted by Crippen LogP contribution is 2.40. The van der Waals surface area contributed by atoms with Gasteiger partial charge in [-0.1, -0.05) is 30.3 Å². The molecule has 29 heavy (non-hydrogen) atoms. The number of H-pyrrole nitrogens is 1. The van der Waals surface area contributed by atoms with E-state index in [4.69, 9.17) is 0 Å². The number of carbonyl (C=O) groups is 1. The molecule has 3 heterocycles. The predicted molar refractivity (Wildman–Crippen MR) is 112 cm³/mol. The number of hydrogen-bond acceptors (Lipinski definition) is 2. The number of nitrogens with one attached hydrogen (secondary N) is 1. The molecule has 5 rings (SSSR count). The second-order valence-corrected chi connectivity index (χ2v) is 8.69. The van der Waals surface area contributed by atoms with E-state index in [0.29, 0.717) is 5.69 Å². The lowest BCUT2D eigenvalue weighted by Gasteiger charge is -2.40. The molecule has 0 radical (unpaired) electrons. The summed E-state index contributed by atoms with van der Waals surface area (Å²) in [7, 11) is 0. The number of para-hydroxylation sites is 1. The molecule has 2 aromatic carbocycles. The summed E-state index contributed by atoms with van der Waals surface area (Å²) in [6.07, 6.45) is 3.37. The van der Waals surface area contributed by atoms with Crippen molar-refractivity contribution < 1.29 is 9.18 Å². The minimum Gasteiger partial charge on any atom is -0.351 e. The standard InChI is InChI=1S/C24H26FN3O/c25-20-8-6-18(7-9-20)15-27-12-3-10-24(16-27)11-13-28(17-24)23(29)22-14-19-4-1-2-5-21(19)26-22/h1-2,4-9,14,26H,3,10-13,15-17H2/t24-/m1/s1. The fourth-order valence-corrected chi connectivity index (χ4v) is 5.09. The maximum atomic E-state index is 13.2. The number of amides is 1. The summed E-state index contributed by atoms with van der Waals surface area (Å²) in [4.78, 5) is 20.9. The van der Waals surface area contributed by atoms with Gasteiger partial charge in [-0.3, -0.25) is 9.69 Å². The summed E-state index contributed by atoms with van der Waals surface area (Å²) < 4.78 is 13.2. The molecule has 1 spiro atoms. The number of benzene rings is 2. The number of halogens is 1. The van der Waals surface area contributed by atoms with Gasteiger partial charge in [0.2, 0.25) is 0 Å². The van der Waals surface area contributed by atoms with E-state index in [1.54, 1.807) is 0 Å². The van der Waals surface area contributed by atoms with Crippen molar-refractivity contribution in [2.75, 3.05) is 26.2 Å². The van der Waals surface area contributed by atoms with Crippen LogP contribution in [0.3, 0.4) is 0 Å². The summed E-state index contributed by atoms with van der Waals surface area (Å²) in [5.74, 6) is -0.0838. The number of likely N-dealkylation sites (tertiary alicyclic amines) is 2. The predicted octanol–water partition coefficient (Wildman–Crippen LogP) is 4.44. The third-order valence-corrected chi connectivity index (χ3v) is 6.55. The number of aromatic amines is 1. The Kier molecular flexibility index (Phi) is 4.63. The van der Waals surface area contributed by atoms with Gasteiger partial charge in [-0.15, -0.1) is 0 Å². The molecule has 0 saturated carbocycles. The number of fused-ring (bicyclic) bond motifs is 1. The van der Waals surface area contributed by atoms with Gasteiger partial charge < -0.3 is 9.88 Å². The van der Waals surface area contributed by atoms with E-state index >= 15 is 0 Å². The summed E-state index contributed by atoms with van der Waals surface area (Å²) in [6, 6.07) is 16.8. The lowest BCUT2D eigenvalue weighted by atomic mass is 9.79. The lowest BCUT2D eigenvalue weighted by molar-refractivity contribution is 0.0671. The van der Waals surface area contributed by atoms with Gasteiger partial charge in [0.15, 0.2) is 0 Å². The molecule has 4 nitrogen and oxygen atoms in total. The topological polar surface area (TPSA) is 39.3 Å². The number of piperidine rings is 1. The van der Waals surface area contributed by atoms with Crippen LogP contribution in [-0.4, -0.2) is 46.9 Å². The van der Waals surface area contributed by atoms with Crippen molar-refractivity contribution in [2.24, 2.45) is 5.41 Å². The highest BCUT2D eigenvalue weighted by Gasteiger charge is 2.43. The molecular weight excluding hydrogens is 365 g/mol. The molecule has 3 aromatic rings. The van der Waals surface area contributed by atoms with Gasteiger partial charge in [-0.05, 0) is 55.6 Å². The molecular formula is C24H26FN3O. The molecule has 2 saturated heterocycles. The summed E-state index contributed by atoms with van der Waals surface area (Å²) in [5.41, 5.74) is 3.02. The van der Waals surface area contributed by atoms with Crippen molar-refractivity contribution in [3.8, 4) is 0 Å². The van der Waals surface area contributed by atoms with Gasteiger partial charge in [-0.2, -0.15) is 0 Å². The van der Waals surface area contributed by atoms with Gasteiger partial charge in [-0.25, -0.2) is 4.39 Å². The lowest BCUT2D eigenvalue weighted by Crippen LogP contribution is -2.45. The van der Waals surface area contributed by atoms with Crippen LogP contribution in [0.2, 0.25) is 0 Å². The highest BCUT2D eigenvalue weighted by atomic mass is 19.1. The number of nitrogens with zero attached hydrogens (tertiary/aromatic N) is 2. The molecule has 2 aliphatic heterocycles. The van der Waals surface area contributed by atoms with Gasteiger partial charge in [0.25, 0.3) is 5.91 Å². The monoisotopic (exact) mass is 391 g/mol. The Morgan fingerprint density at radius 2 is 1.86 bits per heavy atom. The molecule has 1 atom stereocenters. The zero-order valence-electron chi connectivity index (χ0n) is 16.5. The number of rotatable bonds is 3. The van der Waals surface area contributed by atoms with Crippen LogP contribution >= 0.6 is 0 Å². The largest absolute Gasteiger partial charge is 0.351 e. The van der Waals surface area contributed by atoms with Crippen LogP contribution in [0.25, 0.3) is 10.9 Å². The van der Waals surface area contributed by atoms with Crippen LogP contribution in [-0.2, 0) is 6.54 Å². The SMILES string of the molecule is O=C(c1cc2ccccc2[nH]1)N1CC[C@@]2(CCCN(Cc3ccc(F)cc3)C2)C1. The molecule has 1 aromatic heterocycles. The maximum absolute atomic E-state index is 13.2. The fourth-order valence-electron chi connectivity index (χ4n) is 5.09. The second-order valence-electron chi connectivity index (χ2n) is 8.69. The third-order valence-electron chi connectivity index (χ3n) is 6.55. The Labute approximate surface area is 170 Å². The normalized spacial score (nSPS) is 22.6. The first-order valence-corrected chi connectivity index (χ1v) is 10.4. The average molecular weight is 391 g/mol. The first-order valence-electron chi connectivity index (χ1n) is 10.4. The van der Waals surface area contributed by atoms with E-state index in [9.17, 15) is 9.18 Å². The van der Waals surface area contributed by atoms with Gasteiger partial charge in [0, 0.05) is 42.5 Å². The quantitative estimate of drug-likeness (QED) is 0.717. The van der Waals surface area contributed by atoms with Crippen molar-refractivity contribution in [2.45, 2.75) is 25.8 Å². The average Bonchev–Trinajstić information content (AvgIpc) is 3.34. The molecule has 150 valence electrons. The van der Waals surface area contributed by atoms with Crippen LogP contribution < -0.4 is 0 Å². The van der Waals surface area contributed by atoms with Crippen LogP contribution in [0.1, 0.15) is 35.3 Å². The molecule has 5 heteroatoms. The smallest absolute Gasteiger partial charge is 0.270 e. The zero-order valence-corrected chi connectivity index (χ0v) is 16.5. The molecule has 0 unspecified atom stereocenters. The molecule has 0 bridgehead atoms. The molecule has 1 N–H and O–H groups in total. The Hall–Kier alpha value is -2.66. The van der Waals surface area contributed by atoms with Gasteiger partial charge in [0.05, 0.1) is 0 Å². The summed E-state index contributed by atoms with van der Waals surface area (Å²) in [6.45, 7) is 4.55. The minimum atomic E-state index is -0.189. The van der Waals surface area contributed by atoms with Crippen molar-refractivity contribution in [3.05, 3.63) is 71.7 Å². The summed E-state index contributed by atoms with van der Waals surface area (Å²) >= 11 is 0. The van der Waals surface area contributed by atoms with Crippen molar-refractivity contribution in [3.63, 3.8) is 0 Å². The van der Waals surface area contributed by atoms with Crippen LogP contribution in [0, 0.1) is 11.2 Å². The second kappa shape index (κ2) is 7.30. The Morgan fingerprint density at radius 1 is 1.03 bits per heavy atom. The first kappa shape index (κ1) is 18.4. The van der Waals surface area contributed by atoms with E-state index < -0.39 is 0 Å².